The van der Waals surface area contributed by atoms with E-state index in [0.29, 0.717) is 10.6 Å². The maximum absolute atomic E-state index is 8.95. The predicted molar refractivity (Wildman–Crippen MR) is 74.2 cm³/mol. The molecule has 1 atom stereocenters. The number of rotatable bonds is 2. The highest BCUT2D eigenvalue weighted by atomic mass is 35.5. The fourth-order valence-electron chi connectivity index (χ4n) is 2.53. The number of halogens is 1. The second kappa shape index (κ2) is 4.99. The van der Waals surface area contributed by atoms with Crippen LogP contribution < -0.4 is 5.32 Å². The molecule has 0 aliphatic heterocycles. The van der Waals surface area contributed by atoms with Crippen LogP contribution in [-0.4, -0.2) is 0 Å². The summed E-state index contributed by atoms with van der Waals surface area (Å²) in [4.78, 5) is 0. The predicted octanol–water partition coefficient (Wildman–Crippen LogP) is 4.29. The van der Waals surface area contributed by atoms with Crippen molar-refractivity contribution in [1.29, 1.82) is 5.26 Å². The maximum atomic E-state index is 8.95. The third kappa shape index (κ3) is 2.32. The van der Waals surface area contributed by atoms with Gasteiger partial charge < -0.3 is 9.73 Å². The van der Waals surface area contributed by atoms with E-state index in [0.717, 1.165) is 30.7 Å². The smallest absolute Gasteiger partial charge is 0.109 e. The highest BCUT2D eigenvalue weighted by Gasteiger charge is 2.23. The molecule has 0 amide bonds. The van der Waals surface area contributed by atoms with Crippen LogP contribution in [0.5, 0.6) is 0 Å². The molecule has 1 aliphatic rings. The molecule has 0 fully saturated rings. The number of hydrogen-bond acceptors (Lipinski definition) is 3. The highest BCUT2D eigenvalue weighted by molar-refractivity contribution is 6.33. The van der Waals surface area contributed by atoms with E-state index >= 15 is 0 Å². The zero-order valence-electron chi connectivity index (χ0n) is 10.3. The Morgan fingerprint density at radius 3 is 3.11 bits per heavy atom. The zero-order valence-corrected chi connectivity index (χ0v) is 11.1. The number of nitriles is 1. The van der Waals surface area contributed by atoms with Crippen LogP contribution in [0.1, 0.15) is 35.8 Å². The number of benzene rings is 1. The molecule has 96 valence electrons. The molecule has 0 spiro atoms. The third-order valence-electron chi connectivity index (χ3n) is 3.48. The topological polar surface area (TPSA) is 49.0 Å². The molecule has 0 radical (unpaired) electrons. The van der Waals surface area contributed by atoms with Gasteiger partial charge in [0.1, 0.15) is 5.76 Å². The highest BCUT2D eigenvalue weighted by Crippen LogP contribution is 2.35. The van der Waals surface area contributed by atoms with Crippen molar-refractivity contribution >= 4 is 17.3 Å². The van der Waals surface area contributed by atoms with Crippen molar-refractivity contribution < 1.29 is 4.42 Å². The zero-order chi connectivity index (χ0) is 13.2. The largest absolute Gasteiger partial charge is 0.469 e. The van der Waals surface area contributed by atoms with Gasteiger partial charge in [-0.3, -0.25) is 0 Å². The lowest BCUT2D eigenvalue weighted by Gasteiger charge is -2.24. The molecule has 1 unspecified atom stereocenters. The van der Waals surface area contributed by atoms with E-state index in [2.05, 4.69) is 11.4 Å². The van der Waals surface area contributed by atoms with Gasteiger partial charge in [-0.25, -0.2) is 0 Å². The summed E-state index contributed by atoms with van der Waals surface area (Å²) in [5, 5.41) is 13.0. The minimum Gasteiger partial charge on any atom is -0.469 e. The molecule has 19 heavy (non-hydrogen) atoms. The molecule has 0 bridgehead atoms. The van der Waals surface area contributed by atoms with Crippen LogP contribution in [0.25, 0.3) is 0 Å². The normalized spacial score (nSPS) is 17.6. The summed E-state index contributed by atoms with van der Waals surface area (Å²) < 4.78 is 5.47. The van der Waals surface area contributed by atoms with Gasteiger partial charge in [0.05, 0.1) is 34.6 Å². The Morgan fingerprint density at radius 1 is 1.37 bits per heavy atom. The lowest BCUT2D eigenvalue weighted by atomic mass is 9.93. The fourth-order valence-corrected chi connectivity index (χ4v) is 2.70. The monoisotopic (exact) mass is 272 g/mol. The maximum Gasteiger partial charge on any atom is 0.109 e. The molecule has 0 saturated heterocycles. The van der Waals surface area contributed by atoms with Gasteiger partial charge in [0.15, 0.2) is 0 Å². The van der Waals surface area contributed by atoms with Gasteiger partial charge in [-0.05, 0) is 37.1 Å². The molecule has 1 heterocycles. The molecule has 2 aromatic rings. The molecule has 4 heteroatoms. The Kier molecular flexibility index (Phi) is 3.18. The second-order valence-corrected chi connectivity index (χ2v) is 5.10. The SMILES string of the molecule is N#Cc1ccc(Cl)c(NC2CCCc3occc32)c1. The van der Waals surface area contributed by atoms with Crippen molar-refractivity contribution in [3.8, 4) is 6.07 Å². The molecular weight excluding hydrogens is 260 g/mol. The van der Waals surface area contributed by atoms with Crippen molar-refractivity contribution in [3.05, 3.63) is 52.4 Å². The lowest BCUT2D eigenvalue weighted by Crippen LogP contribution is -2.16. The van der Waals surface area contributed by atoms with Crippen LogP contribution in [0, 0.1) is 11.3 Å². The average Bonchev–Trinajstić information content (AvgIpc) is 2.90. The van der Waals surface area contributed by atoms with Crippen molar-refractivity contribution in [3.63, 3.8) is 0 Å². The van der Waals surface area contributed by atoms with Gasteiger partial charge in [0.2, 0.25) is 0 Å². The average molecular weight is 273 g/mol. The van der Waals surface area contributed by atoms with E-state index in [1.54, 1.807) is 24.5 Å². The number of hydrogen-bond donors (Lipinski definition) is 1. The van der Waals surface area contributed by atoms with Crippen molar-refractivity contribution in [1.82, 2.24) is 0 Å². The molecule has 1 aliphatic carbocycles. The van der Waals surface area contributed by atoms with Gasteiger partial charge in [-0.15, -0.1) is 0 Å². The molecule has 3 rings (SSSR count). The number of anilines is 1. The van der Waals surface area contributed by atoms with Gasteiger partial charge in [0, 0.05) is 12.0 Å². The summed E-state index contributed by atoms with van der Waals surface area (Å²) >= 11 is 6.18. The lowest BCUT2D eigenvalue weighted by molar-refractivity contribution is 0.461. The van der Waals surface area contributed by atoms with Gasteiger partial charge in [0.25, 0.3) is 0 Å². The number of aryl methyl sites for hydroxylation is 1. The van der Waals surface area contributed by atoms with Crippen molar-refractivity contribution in [2.75, 3.05) is 5.32 Å². The number of nitrogens with zero attached hydrogens (tertiary/aromatic N) is 1. The Morgan fingerprint density at radius 2 is 2.26 bits per heavy atom. The van der Waals surface area contributed by atoms with Crippen LogP contribution in [0.3, 0.4) is 0 Å². The van der Waals surface area contributed by atoms with E-state index in [1.165, 1.54) is 5.56 Å². The molecular formula is C15H13ClN2O. The summed E-state index contributed by atoms with van der Waals surface area (Å²) in [5.74, 6) is 1.05. The van der Waals surface area contributed by atoms with Crippen LogP contribution in [-0.2, 0) is 6.42 Å². The Hall–Kier alpha value is -1.92. The van der Waals surface area contributed by atoms with E-state index in [1.807, 2.05) is 6.07 Å². The van der Waals surface area contributed by atoms with E-state index in [9.17, 15) is 0 Å². The molecule has 1 N–H and O–H groups in total. The molecule has 1 aromatic carbocycles. The first-order valence-corrected chi connectivity index (χ1v) is 6.68. The first-order valence-electron chi connectivity index (χ1n) is 6.30. The van der Waals surface area contributed by atoms with E-state index in [4.69, 9.17) is 21.3 Å². The minimum absolute atomic E-state index is 0.203. The van der Waals surface area contributed by atoms with Crippen LogP contribution in [0.15, 0.2) is 34.9 Å². The summed E-state index contributed by atoms with van der Waals surface area (Å²) in [6.45, 7) is 0. The number of nitrogens with one attached hydrogen (secondary N) is 1. The van der Waals surface area contributed by atoms with E-state index in [-0.39, 0.29) is 6.04 Å². The Bertz CT molecular complexity index is 642. The van der Waals surface area contributed by atoms with Crippen molar-refractivity contribution in [2.24, 2.45) is 0 Å². The van der Waals surface area contributed by atoms with Gasteiger partial charge >= 0.3 is 0 Å². The standard InChI is InChI=1S/C15H13ClN2O/c16-12-5-4-10(9-17)8-14(12)18-13-2-1-3-15-11(13)6-7-19-15/h4-8,13,18H,1-3H2. The fraction of sp³-hybridized carbons (Fsp3) is 0.267. The third-order valence-corrected chi connectivity index (χ3v) is 3.81. The number of fused-ring (bicyclic) bond motifs is 1. The Balaban J connectivity index is 1.89. The minimum atomic E-state index is 0.203. The van der Waals surface area contributed by atoms with E-state index < -0.39 is 0 Å². The van der Waals surface area contributed by atoms with Crippen molar-refractivity contribution in [2.45, 2.75) is 25.3 Å². The number of furan rings is 1. The first-order chi connectivity index (χ1) is 9.28. The van der Waals surface area contributed by atoms with Crippen LogP contribution in [0.2, 0.25) is 5.02 Å². The molecule has 3 nitrogen and oxygen atoms in total. The summed E-state index contributed by atoms with van der Waals surface area (Å²) in [7, 11) is 0. The summed E-state index contributed by atoms with van der Waals surface area (Å²) in [6.07, 6.45) is 4.86. The molecule has 0 saturated carbocycles. The summed E-state index contributed by atoms with van der Waals surface area (Å²) in [6, 6.07) is 9.60. The van der Waals surface area contributed by atoms with Gasteiger partial charge in [-0.2, -0.15) is 5.26 Å². The van der Waals surface area contributed by atoms with Crippen LogP contribution in [0.4, 0.5) is 5.69 Å². The Labute approximate surface area is 116 Å². The quantitative estimate of drug-likeness (QED) is 0.887. The first kappa shape index (κ1) is 12.1. The second-order valence-electron chi connectivity index (χ2n) is 4.69. The summed E-state index contributed by atoms with van der Waals surface area (Å²) in [5.41, 5.74) is 2.61. The van der Waals surface area contributed by atoms with Gasteiger partial charge in [-0.1, -0.05) is 11.6 Å². The molecule has 1 aromatic heterocycles. The van der Waals surface area contributed by atoms with Crippen LogP contribution >= 0.6 is 11.6 Å².